The molecule has 0 spiro atoms. The molecule has 4 rings (SSSR count). The zero-order valence-electron chi connectivity index (χ0n) is 22.7. The zero-order valence-corrected chi connectivity index (χ0v) is 22.7. The monoisotopic (exact) mass is 495 g/mol. The van der Waals surface area contributed by atoms with E-state index >= 15 is 0 Å². The number of rotatable bonds is 9. The minimum atomic E-state index is -0.235. The number of aromatic nitrogens is 5. The second-order valence-corrected chi connectivity index (χ2v) is 11.0. The number of hydrogen-bond acceptors (Lipinski definition) is 7. The summed E-state index contributed by atoms with van der Waals surface area (Å²) in [5.74, 6) is 0.847. The fourth-order valence-corrected chi connectivity index (χ4v) is 5.22. The minimum absolute atomic E-state index is 0.00161. The van der Waals surface area contributed by atoms with Gasteiger partial charge in [-0.25, -0.2) is 4.68 Å². The number of aromatic amines is 1. The van der Waals surface area contributed by atoms with Crippen molar-refractivity contribution in [2.24, 2.45) is 0 Å². The number of aryl methyl sites for hydroxylation is 2. The molecule has 36 heavy (non-hydrogen) atoms. The molecule has 196 valence electrons. The van der Waals surface area contributed by atoms with Gasteiger partial charge in [-0.15, -0.1) is 5.10 Å². The number of nitrogens with one attached hydrogen (secondary N) is 1. The Morgan fingerprint density at radius 2 is 1.92 bits per heavy atom. The van der Waals surface area contributed by atoms with Gasteiger partial charge in [-0.1, -0.05) is 18.6 Å². The highest BCUT2D eigenvalue weighted by Crippen LogP contribution is 2.28. The van der Waals surface area contributed by atoms with Gasteiger partial charge in [-0.3, -0.25) is 14.6 Å². The van der Waals surface area contributed by atoms with Crippen LogP contribution in [0.1, 0.15) is 69.1 Å². The maximum Gasteiger partial charge on any atom is 0.252 e. The molecule has 0 amide bonds. The van der Waals surface area contributed by atoms with Crippen molar-refractivity contribution in [3.8, 4) is 0 Å². The molecule has 0 unspecified atom stereocenters. The molecule has 2 aromatic heterocycles. The summed E-state index contributed by atoms with van der Waals surface area (Å²) < 4.78 is 7.43. The second-order valence-electron chi connectivity index (χ2n) is 11.0. The lowest BCUT2D eigenvalue weighted by atomic mass is 10.0. The first-order valence-corrected chi connectivity index (χ1v) is 13.1. The van der Waals surface area contributed by atoms with E-state index in [9.17, 15) is 4.79 Å². The molecule has 1 fully saturated rings. The standard InChI is InChI=1S/C27H41N7O2/c1-7-23(25-29-30-31-34(25)27(4,5)6)33(10-8-9-32-11-13-36-14-12-32)18-22-17-21-16-19(2)15-20(3)24(21)28-26(22)35/h15-17,23H,7-14,18H2,1-6H3,(H,28,35)/t23-/m1/s1. The lowest BCUT2D eigenvalue weighted by molar-refractivity contribution is 0.0348. The summed E-state index contributed by atoms with van der Waals surface area (Å²) in [5.41, 5.74) is 3.70. The molecule has 0 bridgehead atoms. The molecular formula is C27H41N7O2. The van der Waals surface area contributed by atoms with Gasteiger partial charge < -0.3 is 9.72 Å². The molecule has 1 atom stereocenters. The van der Waals surface area contributed by atoms with Gasteiger partial charge in [0.2, 0.25) is 0 Å². The molecule has 0 saturated carbocycles. The van der Waals surface area contributed by atoms with E-state index in [-0.39, 0.29) is 17.1 Å². The van der Waals surface area contributed by atoms with Crippen LogP contribution in [0.3, 0.4) is 0 Å². The van der Waals surface area contributed by atoms with Gasteiger partial charge in [0.05, 0.1) is 30.3 Å². The van der Waals surface area contributed by atoms with E-state index in [1.54, 1.807) is 0 Å². The maximum absolute atomic E-state index is 13.2. The van der Waals surface area contributed by atoms with Crippen LogP contribution in [0.2, 0.25) is 0 Å². The number of tetrazole rings is 1. The summed E-state index contributed by atoms with van der Waals surface area (Å²) in [7, 11) is 0. The Balaban J connectivity index is 1.65. The number of morpholine rings is 1. The molecule has 3 aromatic rings. The van der Waals surface area contributed by atoms with Crippen LogP contribution in [0.4, 0.5) is 0 Å². The Kier molecular flexibility index (Phi) is 8.22. The van der Waals surface area contributed by atoms with Gasteiger partial charge in [0.25, 0.3) is 5.56 Å². The first kappa shape index (κ1) is 26.4. The van der Waals surface area contributed by atoms with Crippen LogP contribution in [0.15, 0.2) is 23.0 Å². The molecule has 1 aliphatic rings. The SMILES string of the molecule is CC[C@H](c1nnnn1C(C)(C)C)N(CCCN1CCOCC1)Cc1cc2cc(C)cc(C)c2[nH]c1=O. The molecule has 9 heteroatoms. The quantitative estimate of drug-likeness (QED) is 0.485. The molecule has 1 aliphatic heterocycles. The van der Waals surface area contributed by atoms with Gasteiger partial charge in [0.15, 0.2) is 5.82 Å². The van der Waals surface area contributed by atoms with Crippen molar-refractivity contribution in [1.82, 2.24) is 35.0 Å². The van der Waals surface area contributed by atoms with Crippen LogP contribution >= 0.6 is 0 Å². The number of ether oxygens (including phenoxy) is 1. The van der Waals surface area contributed by atoms with Gasteiger partial charge in [-0.05, 0) is 87.5 Å². The third-order valence-electron chi connectivity index (χ3n) is 7.02. The van der Waals surface area contributed by atoms with Gasteiger partial charge >= 0.3 is 0 Å². The van der Waals surface area contributed by atoms with Crippen molar-refractivity contribution < 1.29 is 4.74 Å². The minimum Gasteiger partial charge on any atom is -0.379 e. The zero-order chi connectivity index (χ0) is 25.9. The Morgan fingerprint density at radius 1 is 1.17 bits per heavy atom. The summed E-state index contributed by atoms with van der Waals surface area (Å²) in [6, 6.07) is 6.30. The van der Waals surface area contributed by atoms with Crippen LogP contribution in [-0.2, 0) is 16.8 Å². The number of hydrogen-bond donors (Lipinski definition) is 1. The van der Waals surface area contributed by atoms with Crippen molar-refractivity contribution in [2.75, 3.05) is 39.4 Å². The lowest BCUT2D eigenvalue weighted by Gasteiger charge is -2.33. The van der Waals surface area contributed by atoms with Crippen molar-refractivity contribution >= 4 is 10.9 Å². The first-order valence-electron chi connectivity index (χ1n) is 13.1. The average molecular weight is 496 g/mol. The van der Waals surface area contributed by atoms with E-state index in [4.69, 9.17) is 4.74 Å². The topological polar surface area (TPSA) is 92.2 Å². The summed E-state index contributed by atoms with van der Waals surface area (Å²) >= 11 is 0. The molecule has 1 aromatic carbocycles. The third-order valence-corrected chi connectivity index (χ3v) is 7.02. The summed E-state index contributed by atoms with van der Waals surface area (Å²) in [6.07, 6.45) is 1.84. The smallest absolute Gasteiger partial charge is 0.252 e. The molecule has 1 saturated heterocycles. The van der Waals surface area contributed by atoms with Crippen molar-refractivity contribution in [3.63, 3.8) is 0 Å². The number of pyridine rings is 1. The largest absolute Gasteiger partial charge is 0.379 e. The Bertz CT molecular complexity index is 1220. The van der Waals surface area contributed by atoms with Crippen LogP contribution in [0.25, 0.3) is 10.9 Å². The summed E-state index contributed by atoms with van der Waals surface area (Å²) in [6.45, 7) is 18.6. The van der Waals surface area contributed by atoms with Crippen LogP contribution in [0.5, 0.6) is 0 Å². The lowest BCUT2D eigenvalue weighted by Crippen LogP contribution is -2.39. The van der Waals surface area contributed by atoms with E-state index in [1.807, 2.05) is 11.6 Å². The predicted octanol–water partition coefficient (Wildman–Crippen LogP) is 3.56. The Morgan fingerprint density at radius 3 is 2.61 bits per heavy atom. The van der Waals surface area contributed by atoms with Crippen molar-refractivity contribution in [3.05, 3.63) is 51.1 Å². The van der Waals surface area contributed by atoms with Crippen molar-refractivity contribution in [1.29, 1.82) is 0 Å². The highest BCUT2D eigenvalue weighted by atomic mass is 16.5. The highest BCUT2D eigenvalue weighted by molar-refractivity contribution is 5.82. The van der Waals surface area contributed by atoms with E-state index in [0.29, 0.717) is 6.54 Å². The average Bonchev–Trinajstić information content (AvgIpc) is 3.31. The number of nitrogens with zero attached hydrogens (tertiary/aromatic N) is 6. The van der Waals surface area contributed by atoms with Crippen LogP contribution < -0.4 is 5.56 Å². The van der Waals surface area contributed by atoms with E-state index in [1.165, 1.54) is 5.56 Å². The first-order chi connectivity index (χ1) is 17.2. The fourth-order valence-electron chi connectivity index (χ4n) is 5.22. The molecule has 0 aliphatic carbocycles. The molecule has 9 nitrogen and oxygen atoms in total. The normalized spacial score (nSPS) is 16.2. The molecule has 1 N–H and O–H groups in total. The third kappa shape index (κ3) is 6.02. The van der Waals surface area contributed by atoms with E-state index < -0.39 is 0 Å². The van der Waals surface area contributed by atoms with Gasteiger partial charge in [-0.2, -0.15) is 0 Å². The van der Waals surface area contributed by atoms with Crippen molar-refractivity contribution in [2.45, 2.75) is 72.5 Å². The highest BCUT2D eigenvalue weighted by Gasteiger charge is 2.29. The van der Waals surface area contributed by atoms with Gasteiger partial charge in [0, 0.05) is 31.7 Å². The van der Waals surface area contributed by atoms with Crippen LogP contribution in [-0.4, -0.2) is 74.4 Å². The van der Waals surface area contributed by atoms with E-state index in [0.717, 1.165) is 80.1 Å². The van der Waals surface area contributed by atoms with E-state index in [2.05, 4.69) is 83.1 Å². The molecule has 0 radical (unpaired) electrons. The Hall–Kier alpha value is -2.62. The maximum atomic E-state index is 13.2. The van der Waals surface area contributed by atoms with Gasteiger partial charge in [0.1, 0.15) is 0 Å². The number of fused-ring (bicyclic) bond motifs is 1. The number of H-pyrrole nitrogens is 1. The number of benzene rings is 1. The molecule has 3 heterocycles. The fraction of sp³-hybridized carbons (Fsp3) is 0.630. The predicted molar refractivity (Wildman–Crippen MR) is 142 cm³/mol. The summed E-state index contributed by atoms with van der Waals surface area (Å²) in [5, 5.41) is 13.9. The second kappa shape index (κ2) is 11.2. The van der Waals surface area contributed by atoms with Crippen LogP contribution in [0, 0.1) is 13.8 Å². The Labute approximate surface area is 213 Å². The molecular weight excluding hydrogens is 454 g/mol. The summed E-state index contributed by atoms with van der Waals surface area (Å²) in [4.78, 5) is 21.2.